The van der Waals surface area contributed by atoms with Gasteiger partial charge in [-0.3, -0.25) is 0 Å². The highest BCUT2D eigenvalue weighted by Gasteiger charge is 2.36. The van der Waals surface area contributed by atoms with Crippen LogP contribution in [0.15, 0.2) is 18.2 Å². The summed E-state index contributed by atoms with van der Waals surface area (Å²) in [7, 11) is 0. The van der Waals surface area contributed by atoms with E-state index in [1.54, 1.807) is 0 Å². The minimum Gasteiger partial charge on any atom is -0.389 e. The zero-order chi connectivity index (χ0) is 13.2. The summed E-state index contributed by atoms with van der Waals surface area (Å²) in [5.74, 6) is -0.934. The Balaban J connectivity index is 3.25. The van der Waals surface area contributed by atoms with Gasteiger partial charge >= 0.3 is 6.18 Å². The predicted octanol–water partition coefficient (Wildman–Crippen LogP) is 1.20. The van der Waals surface area contributed by atoms with Crippen LogP contribution in [0.25, 0.3) is 0 Å². The van der Waals surface area contributed by atoms with Crippen LogP contribution in [0.5, 0.6) is 0 Å². The van der Waals surface area contributed by atoms with Crippen molar-refractivity contribution in [3.05, 3.63) is 35.1 Å². The van der Waals surface area contributed by atoms with Gasteiger partial charge in [-0.1, -0.05) is 0 Å². The van der Waals surface area contributed by atoms with Gasteiger partial charge in [0.1, 0.15) is 11.9 Å². The van der Waals surface area contributed by atoms with E-state index in [1.165, 1.54) is 0 Å². The summed E-state index contributed by atoms with van der Waals surface area (Å²) in [5, 5.41) is 18.7. The van der Waals surface area contributed by atoms with Gasteiger partial charge in [0, 0.05) is 6.54 Å². The maximum Gasteiger partial charge on any atom is 0.416 e. The van der Waals surface area contributed by atoms with E-state index in [2.05, 4.69) is 0 Å². The van der Waals surface area contributed by atoms with Crippen molar-refractivity contribution in [2.45, 2.75) is 18.4 Å². The Morgan fingerprint density at radius 2 is 1.82 bits per heavy atom. The lowest BCUT2D eigenvalue weighted by atomic mass is 9.98. The fraction of sp³-hybridized carbons (Fsp3) is 0.400. The Bertz CT molecular complexity index is 394. The number of halogens is 4. The van der Waals surface area contributed by atoms with E-state index in [-0.39, 0.29) is 0 Å². The zero-order valence-corrected chi connectivity index (χ0v) is 8.58. The molecule has 0 bridgehead atoms. The largest absolute Gasteiger partial charge is 0.416 e. The van der Waals surface area contributed by atoms with Gasteiger partial charge in [0.25, 0.3) is 0 Å². The first-order valence-corrected chi connectivity index (χ1v) is 4.70. The van der Waals surface area contributed by atoms with Crippen LogP contribution < -0.4 is 5.73 Å². The van der Waals surface area contributed by atoms with Gasteiger partial charge in [-0.05, 0) is 23.8 Å². The van der Waals surface area contributed by atoms with Crippen LogP contribution in [0.1, 0.15) is 17.2 Å². The molecule has 2 unspecified atom stereocenters. The summed E-state index contributed by atoms with van der Waals surface area (Å²) in [5.41, 5.74) is 3.10. The number of hydrogen-bond acceptors (Lipinski definition) is 3. The van der Waals surface area contributed by atoms with Crippen LogP contribution in [0.3, 0.4) is 0 Å². The molecule has 0 saturated carbocycles. The van der Waals surface area contributed by atoms with E-state index >= 15 is 0 Å². The fourth-order valence-corrected chi connectivity index (χ4v) is 1.37. The summed E-state index contributed by atoms with van der Waals surface area (Å²) in [6, 6.07) is 1.68. The minimum atomic E-state index is -4.74. The third kappa shape index (κ3) is 3.15. The lowest BCUT2D eigenvalue weighted by molar-refractivity contribution is -0.139. The SMILES string of the molecule is NCC(O)C(O)c1cc(F)ccc1C(F)(F)F. The van der Waals surface area contributed by atoms with Crippen molar-refractivity contribution in [3.8, 4) is 0 Å². The molecule has 4 N–H and O–H groups in total. The average molecular weight is 253 g/mol. The number of benzene rings is 1. The van der Waals surface area contributed by atoms with Crippen molar-refractivity contribution in [2.75, 3.05) is 6.54 Å². The van der Waals surface area contributed by atoms with E-state index in [1.807, 2.05) is 0 Å². The second-order valence-corrected chi connectivity index (χ2v) is 3.48. The minimum absolute atomic E-state index is 0.436. The molecule has 1 aromatic carbocycles. The predicted molar refractivity (Wildman–Crippen MR) is 51.4 cm³/mol. The van der Waals surface area contributed by atoms with Gasteiger partial charge in [0.2, 0.25) is 0 Å². The molecule has 3 nitrogen and oxygen atoms in total. The third-order valence-corrected chi connectivity index (χ3v) is 2.24. The first-order chi connectivity index (χ1) is 7.77. The number of nitrogens with two attached hydrogens (primary N) is 1. The molecule has 2 atom stereocenters. The van der Waals surface area contributed by atoms with Crippen molar-refractivity contribution in [2.24, 2.45) is 5.73 Å². The molecule has 0 amide bonds. The Kier molecular flexibility index (Phi) is 4.07. The summed E-state index contributed by atoms with van der Waals surface area (Å²) >= 11 is 0. The molecule has 0 fully saturated rings. The maximum absolute atomic E-state index is 12.9. The number of aliphatic hydroxyl groups excluding tert-OH is 2. The quantitative estimate of drug-likeness (QED) is 0.709. The van der Waals surface area contributed by atoms with E-state index in [0.717, 1.165) is 0 Å². The van der Waals surface area contributed by atoms with Crippen molar-refractivity contribution >= 4 is 0 Å². The highest BCUT2D eigenvalue weighted by molar-refractivity contribution is 5.32. The normalized spacial score (nSPS) is 15.7. The number of alkyl halides is 3. The van der Waals surface area contributed by atoms with Crippen LogP contribution in [-0.2, 0) is 6.18 Å². The molecule has 1 rings (SSSR count). The highest BCUT2D eigenvalue weighted by atomic mass is 19.4. The van der Waals surface area contributed by atoms with Crippen molar-refractivity contribution in [1.29, 1.82) is 0 Å². The second-order valence-electron chi connectivity index (χ2n) is 3.48. The van der Waals surface area contributed by atoms with Gasteiger partial charge < -0.3 is 15.9 Å². The summed E-state index contributed by atoms with van der Waals surface area (Å²) in [6.07, 6.45) is -8.21. The maximum atomic E-state index is 12.9. The molecule has 0 heterocycles. The molecule has 96 valence electrons. The van der Waals surface area contributed by atoms with Crippen molar-refractivity contribution in [1.82, 2.24) is 0 Å². The molecular weight excluding hydrogens is 242 g/mol. The summed E-state index contributed by atoms with van der Waals surface area (Å²) < 4.78 is 50.6. The van der Waals surface area contributed by atoms with Gasteiger partial charge in [-0.2, -0.15) is 13.2 Å². The molecule has 0 saturated heterocycles. The molecule has 17 heavy (non-hydrogen) atoms. The summed E-state index contributed by atoms with van der Waals surface area (Å²) in [6.45, 7) is -0.436. The second kappa shape index (κ2) is 4.99. The lowest BCUT2D eigenvalue weighted by Gasteiger charge is -2.20. The smallest absolute Gasteiger partial charge is 0.389 e. The standard InChI is InChI=1S/C10H11F4NO2/c11-5-1-2-7(10(12,13)14)6(3-5)9(17)8(16)4-15/h1-3,8-9,16-17H,4,15H2. The highest BCUT2D eigenvalue weighted by Crippen LogP contribution is 2.35. The Labute approximate surface area is 94.5 Å². The zero-order valence-electron chi connectivity index (χ0n) is 8.58. The number of rotatable bonds is 3. The van der Waals surface area contributed by atoms with E-state index < -0.39 is 41.9 Å². The van der Waals surface area contributed by atoms with Gasteiger partial charge in [0.05, 0.1) is 11.7 Å². The lowest BCUT2D eigenvalue weighted by Crippen LogP contribution is -2.29. The van der Waals surface area contributed by atoms with E-state index in [0.29, 0.717) is 18.2 Å². The van der Waals surface area contributed by atoms with Crippen molar-refractivity contribution < 1.29 is 27.8 Å². The average Bonchev–Trinajstić information content (AvgIpc) is 2.25. The van der Waals surface area contributed by atoms with E-state index in [9.17, 15) is 27.8 Å². The summed E-state index contributed by atoms with van der Waals surface area (Å²) in [4.78, 5) is 0. The molecule has 0 aliphatic rings. The number of hydrogen-bond donors (Lipinski definition) is 3. The molecule has 0 aliphatic carbocycles. The van der Waals surface area contributed by atoms with Crippen molar-refractivity contribution in [3.63, 3.8) is 0 Å². The third-order valence-electron chi connectivity index (χ3n) is 2.24. The number of aliphatic hydroxyl groups is 2. The first-order valence-electron chi connectivity index (χ1n) is 4.70. The first kappa shape index (κ1) is 13.9. The molecule has 1 aromatic rings. The van der Waals surface area contributed by atoms with E-state index in [4.69, 9.17) is 5.73 Å². The van der Waals surface area contributed by atoms with Crippen LogP contribution in [-0.4, -0.2) is 22.9 Å². The van der Waals surface area contributed by atoms with Gasteiger partial charge in [-0.15, -0.1) is 0 Å². The van der Waals surface area contributed by atoms with Crippen LogP contribution >= 0.6 is 0 Å². The van der Waals surface area contributed by atoms with Crippen LogP contribution in [0.4, 0.5) is 17.6 Å². The molecular formula is C10H11F4NO2. The molecule has 7 heteroatoms. The van der Waals surface area contributed by atoms with Gasteiger partial charge in [-0.25, -0.2) is 4.39 Å². The Morgan fingerprint density at radius 1 is 1.24 bits per heavy atom. The fourth-order valence-electron chi connectivity index (χ4n) is 1.37. The van der Waals surface area contributed by atoms with Gasteiger partial charge in [0.15, 0.2) is 0 Å². The van der Waals surface area contributed by atoms with Crippen LogP contribution in [0.2, 0.25) is 0 Å². The molecule has 0 aromatic heterocycles. The topological polar surface area (TPSA) is 66.5 Å². The Hall–Kier alpha value is -1.18. The molecule has 0 radical (unpaired) electrons. The molecule has 0 spiro atoms. The Morgan fingerprint density at radius 3 is 2.29 bits per heavy atom. The van der Waals surface area contributed by atoms with Crippen LogP contribution in [0, 0.1) is 5.82 Å². The molecule has 0 aliphatic heterocycles. The monoisotopic (exact) mass is 253 g/mol.